The summed E-state index contributed by atoms with van der Waals surface area (Å²) in [6.45, 7) is 0. The number of aliphatic hydroxyl groups excluding tert-OH is 1. The van der Waals surface area contributed by atoms with Gasteiger partial charge >= 0.3 is 5.97 Å². The van der Waals surface area contributed by atoms with Crippen LogP contribution >= 0.6 is 11.3 Å². The molecule has 0 aliphatic heterocycles. The largest absolute Gasteiger partial charge is 0.478 e. The Morgan fingerprint density at radius 3 is 2.80 bits per heavy atom. The molecule has 5 nitrogen and oxygen atoms in total. The minimum atomic E-state index is -1.05. The van der Waals surface area contributed by atoms with Crippen LogP contribution in [-0.2, 0) is 4.79 Å². The van der Waals surface area contributed by atoms with Gasteiger partial charge in [0.1, 0.15) is 0 Å². The van der Waals surface area contributed by atoms with Crippen LogP contribution in [0.4, 0.5) is 0 Å². The molecule has 0 spiro atoms. The van der Waals surface area contributed by atoms with E-state index in [9.17, 15) is 14.7 Å². The molecule has 1 saturated carbocycles. The Balaban J connectivity index is 2.05. The van der Waals surface area contributed by atoms with Gasteiger partial charge in [0.05, 0.1) is 17.0 Å². The highest BCUT2D eigenvalue weighted by molar-refractivity contribution is 7.12. The summed E-state index contributed by atoms with van der Waals surface area (Å²) in [5.74, 6) is -1.30. The van der Waals surface area contributed by atoms with Gasteiger partial charge in [0, 0.05) is 6.08 Å². The molecule has 0 aromatic carbocycles. The molecular weight excluding hydrogens is 278 g/mol. The smallest absolute Gasteiger partial charge is 0.328 e. The Kier molecular flexibility index (Phi) is 4.92. The topological polar surface area (TPSA) is 86.6 Å². The molecule has 1 fully saturated rings. The molecule has 1 heterocycles. The minimum absolute atomic E-state index is 0.213. The first kappa shape index (κ1) is 14.7. The molecule has 3 N–H and O–H groups in total. The summed E-state index contributed by atoms with van der Waals surface area (Å²) >= 11 is 1.26. The Morgan fingerprint density at radius 2 is 2.10 bits per heavy atom. The van der Waals surface area contributed by atoms with Crippen LogP contribution in [0.15, 0.2) is 17.5 Å². The van der Waals surface area contributed by atoms with Crippen LogP contribution in [0.25, 0.3) is 6.08 Å². The highest BCUT2D eigenvalue weighted by Gasteiger charge is 2.25. The van der Waals surface area contributed by atoms with E-state index >= 15 is 0 Å². The molecule has 6 heteroatoms. The van der Waals surface area contributed by atoms with E-state index in [-0.39, 0.29) is 11.9 Å². The monoisotopic (exact) mass is 295 g/mol. The van der Waals surface area contributed by atoms with Gasteiger partial charge in [-0.3, -0.25) is 4.79 Å². The maximum absolute atomic E-state index is 12.2. The summed E-state index contributed by atoms with van der Waals surface area (Å²) in [4.78, 5) is 23.2. The Bertz CT molecular complexity index is 523. The molecular formula is C14H17NO4S. The quantitative estimate of drug-likeness (QED) is 0.740. The number of aliphatic carboxylic acids is 1. The van der Waals surface area contributed by atoms with Crippen LogP contribution in [0.5, 0.6) is 0 Å². The average Bonchev–Trinajstić information content (AvgIpc) is 2.87. The van der Waals surface area contributed by atoms with Crippen LogP contribution in [0, 0.1) is 0 Å². The molecule has 0 bridgehead atoms. The fourth-order valence-corrected chi connectivity index (χ4v) is 3.10. The lowest BCUT2D eigenvalue weighted by Crippen LogP contribution is -2.45. The molecule has 108 valence electrons. The van der Waals surface area contributed by atoms with Crippen molar-refractivity contribution in [2.45, 2.75) is 37.8 Å². The maximum Gasteiger partial charge on any atom is 0.328 e. The molecule has 2 atom stereocenters. The number of carboxylic acid groups (broad SMARTS) is 1. The second-order valence-corrected chi connectivity index (χ2v) is 5.72. The molecule has 1 aromatic rings. The van der Waals surface area contributed by atoms with Crippen LogP contribution < -0.4 is 5.32 Å². The molecule has 2 rings (SSSR count). The SMILES string of the molecule is O=C(O)C=Cc1ccsc1C(=O)NC1CCCCC1O. The number of amides is 1. The third kappa shape index (κ3) is 3.68. The summed E-state index contributed by atoms with van der Waals surface area (Å²) in [6.07, 6.45) is 5.39. The number of nitrogens with one attached hydrogen (secondary N) is 1. The first-order valence-electron chi connectivity index (χ1n) is 6.55. The van der Waals surface area contributed by atoms with Crippen molar-refractivity contribution >= 4 is 29.3 Å². The van der Waals surface area contributed by atoms with Crippen LogP contribution in [-0.4, -0.2) is 34.2 Å². The molecule has 20 heavy (non-hydrogen) atoms. The summed E-state index contributed by atoms with van der Waals surface area (Å²) in [5.41, 5.74) is 0.584. The lowest BCUT2D eigenvalue weighted by atomic mass is 9.92. The minimum Gasteiger partial charge on any atom is -0.478 e. The number of carboxylic acids is 1. The lowest BCUT2D eigenvalue weighted by molar-refractivity contribution is -0.131. The van der Waals surface area contributed by atoms with Crippen molar-refractivity contribution in [3.8, 4) is 0 Å². The van der Waals surface area contributed by atoms with E-state index in [1.165, 1.54) is 17.4 Å². The van der Waals surface area contributed by atoms with Crippen molar-refractivity contribution in [1.29, 1.82) is 0 Å². The van der Waals surface area contributed by atoms with Gasteiger partial charge in [-0.25, -0.2) is 4.79 Å². The number of rotatable bonds is 4. The average molecular weight is 295 g/mol. The van der Waals surface area contributed by atoms with E-state index in [1.807, 2.05) is 0 Å². The lowest BCUT2D eigenvalue weighted by Gasteiger charge is -2.28. The van der Waals surface area contributed by atoms with Gasteiger partial charge in [0.15, 0.2) is 0 Å². The molecule has 1 aliphatic carbocycles. The van der Waals surface area contributed by atoms with E-state index in [0.29, 0.717) is 16.9 Å². The second-order valence-electron chi connectivity index (χ2n) is 4.81. The molecule has 2 unspecified atom stereocenters. The van der Waals surface area contributed by atoms with E-state index < -0.39 is 12.1 Å². The fraction of sp³-hybridized carbons (Fsp3) is 0.429. The van der Waals surface area contributed by atoms with Crippen molar-refractivity contribution < 1.29 is 19.8 Å². The van der Waals surface area contributed by atoms with Crippen LogP contribution in [0.3, 0.4) is 0 Å². The van der Waals surface area contributed by atoms with Gasteiger partial charge in [-0.15, -0.1) is 11.3 Å². The summed E-state index contributed by atoms with van der Waals surface area (Å²) in [7, 11) is 0. The zero-order chi connectivity index (χ0) is 14.5. The highest BCUT2D eigenvalue weighted by Crippen LogP contribution is 2.22. The van der Waals surface area contributed by atoms with E-state index in [1.54, 1.807) is 11.4 Å². The van der Waals surface area contributed by atoms with Gasteiger partial charge in [0.2, 0.25) is 0 Å². The van der Waals surface area contributed by atoms with Crippen molar-refractivity contribution in [1.82, 2.24) is 5.32 Å². The normalized spacial score (nSPS) is 22.9. The van der Waals surface area contributed by atoms with Crippen molar-refractivity contribution in [2.75, 3.05) is 0 Å². The van der Waals surface area contributed by atoms with Gasteiger partial charge in [-0.05, 0) is 35.9 Å². The molecule has 0 radical (unpaired) electrons. The Hall–Kier alpha value is -1.66. The van der Waals surface area contributed by atoms with Gasteiger partial charge in [-0.2, -0.15) is 0 Å². The van der Waals surface area contributed by atoms with E-state index in [4.69, 9.17) is 5.11 Å². The number of hydrogen-bond acceptors (Lipinski definition) is 4. The zero-order valence-electron chi connectivity index (χ0n) is 10.9. The number of carbonyl (C=O) groups is 2. The van der Waals surface area contributed by atoms with Crippen LogP contribution in [0.1, 0.15) is 40.9 Å². The highest BCUT2D eigenvalue weighted by atomic mass is 32.1. The summed E-state index contributed by atoms with van der Waals surface area (Å²) < 4.78 is 0. The standard InChI is InChI=1S/C14H17NO4S/c16-11-4-2-1-3-10(11)15-14(19)13-9(7-8-20-13)5-6-12(17)18/h5-8,10-11,16H,1-4H2,(H,15,19)(H,17,18). The predicted molar refractivity (Wildman–Crippen MR) is 76.7 cm³/mol. The summed E-state index contributed by atoms with van der Waals surface area (Å²) in [5, 5.41) is 23.1. The number of carbonyl (C=O) groups excluding carboxylic acids is 1. The number of hydrogen-bond donors (Lipinski definition) is 3. The first-order chi connectivity index (χ1) is 9.58. The maximum atomic E-state index is 12.2. The molecule has 1 aliphatic rings. The number of thiophene rings is 1. The molecule has 1 aromatic heterocycles. The van der Waals surface area contributed by atoms with Crippen molar-refractivity contribution in [2.24, 2.45) is 0 Å². The molecule has 1 amide bonds. The third-order valence-electron chi connectivity index (χ3n) is 3.35. The zero-order valence-corrected chi connectivity index (χ0v) is 11.7. The fourth-order valence-electron chi connectivity index (χ4n) is 2.31. The number of aliphatic hydroxyl groups is 1. The Morgan fingerprint density at radius 1 is 1.35 bits per heavy atom. The second kappa shape index (κ2) is 6.67. The van der Waals surface area contributed by atoms with Gasteiger partial charge in [0.25, 0.3) is 5.91 Å². The Labute approximate surface area is 120 Å². The van der Waals surface area contributed by atoms with Crippen LogP contribution in [0.2, 0.25) is 0 Å². The van der Waals surface area contributed by atoms with E-state index in [2.05, 4.69) is 5.32 Å². The van der Waals surface area contributed by atoms with Gasteiger partial charge < -0.3 is 15.5 Å². The van der Waals surface area contributed by atoms with Gasteiger partial charge in [-0.1, -0.05) is 12.8 Å². The summed E-state index contributed by atoms with van der Waals surface area (Å²) in [6, 6.07) is 1.49. The van der Waals surface area contributed by atoms with Crippen molar-refractivity contribution in [3.63, 3.8) is 0 Å². The third-order valence-corrected chi connectivity index (χ3v) is 4.28. The first-order valence-corrected chi connectivity index (χ1v) is 7.43. The molecule has 0 saturated heterocycles. The van der Waals surface area contributed by atoms with E-state index in [0.717, 1.165) is 25.3 Å². The predicted octanol–water partition coefficient (Wildman–Crippen LogP) is 1.88. The van der Waals surface area contributed by atoms with Crippen molar-refractivity contribution in [3.05, 3.63) is 28.0 Å².